The van der Waals surface area contributed by atoms with Crippen molar-refractivity contribution in [2.45, 2.75) is 0 Å². The maximum absolute atomic E-state index is 5.48. The highest BCUT2D eigenvalue weighted by atomic mass is 15.1. The maximum Gasteiger partial charge on any atom is 0.166 e. The highest BCUT2D eigenvalue weighted by Gasteiger charge is 2.22. The molecule has 0 N–H and O–H groups in total. The zero-order valence-electron chi connectivity index (χ0n) is 40.2. The summed E-state index contributed by atoms with van der Waals surface area (Å²) in [7, 11) is 0. The minimum atomic E-state index is 0.584. The lowest BCUT2D eigenvalue weighted by Gasteiger charge is -2.18. The Morgan fingerprint density at radius 3 is 1.12 bits per heavy atom. The van der Waals surface area contributed by atoms with Crippen LogP contribution in [0, 0.1) is 0 Å². The summed E-state index contributed by atoms with van der Waals surface area (Å²) in [6.07, 6.45) is 0. The first-order valence-corrected chi connectivity index (χ1v) is 25.1. The highest BCUT2D eigenvalue weighted by molar-refractivity contribution is 6.11. The van der Waals surface area contributed by atoms with E-state index in [0.717, 1.165) is 83.5 Å². The molecule has 0 aliphatic carbocycles. The quantitative estimate of drug-likeness (QED) is 0.145. The van der Waals surface area contributed by atoms with Crippen LogP contribution in [0.5, 0.6) is 0 Å². The smallest absolute Gasteiger partial charge is 0.166 e. The average Bonchev–Trinajstić information content (AvgIpc) is 4.01. The van der Waals surface area contributed by atoms with Crippen LogP contribution in [-0.2, 0) is 0 Å². The van der Waals surface area contributed by atoms with Crippen LogP contribution in [0.4, 0.5) is 0 Å². The summed E-state index contributed by atoms with van der Waals surface area (Å²) in [5, 5.41) is 4.80. The summed E-state index contributed by atoms with van der Waals surface area (Å²) in [6, 6.07) is 97.2. The van der Waals surface area contributed by atoms with Gasteiger partial charge in [0.05, 0.1) is 33.4 Å². The van der Waals surface area contributed by atoms with Gasteiger partial charge in [-0.1, -0.05) is 212 Å². The summed E-state index contributed by atoms with van der Waals surface area (Å²) in [5.41, 5.74) is 18.3. The number of nitrogens with zero attached hydrogens (tertiary/aromatic N) is 5. The van der Waals surface area contributed by atoms with Crippen LogP contribution >= 0.6 is 0 Å². The van der Waals surface area contributed by atoms with Gasteiger partial charge in [-0.3, -0.25) is 0 Å². The molecule has 0 unspecified atom stereocenters. The molecule has 3 heterocycles. The molecule has 14 aromatic rings. The van der Waals surface area contributed by atoms with Gasteiger partial charge in [0, 0.05) is 43.8 Å². The van der Waals surface area contributed by atoms with Crippen LogP contribution in [0.25, 0.3) is 134 Å². The molecule has 5 nitrogen and oxygen atoms in total. The molecule has 0 atom stereocenters. The monoisotopic (exact) mass is 943 g/mol. The van der Waals surface area contributed by atoms with Crippen molar-refractivity contribution < 1.29 is 0 Å². The third-order valence-electron chi connectivity index (χ3n) is 14.4. The molecular formula is C69H45N5. The zero-order chi connectivity index (χ0) is 49.0. The van der Waals surface area contributed by atoms with Crippen molar-refractivity contribution in [1.82, 2.24) is 24.1 Å². The van der Waals surface area contributed by atoms with E-state index in [0.29, 0.717) is 17.5 Å². The summed E-state index contributed by atoms with van der Waals surface area (Å²) in [4.78, 5) is 16.2. The van der Waals surface area contributed by atoms with Crippen molar-refractivity contribution in [3.63, 3.8) is 0 Å². The SMILES string of the molecule is c1ccc(-c2cccc(-c3ccc(-n4c5ccccc5c5ccccc54)c(-c4cccc(-c5nc(-c6ccccc6)nc(-c6ccc(-c7ccccc7)cc6-n6c7ccccc7c7ccccc76)n5)c4)c3)c2)cc1. The number of rotatable bonds is 9. The summed E-state index contributed by atoms with van der Waals surface area (Å²) in [6.45, 7) is 0. The highest BCUT2D eigenvalue weighted by Crippen LogP contribution is 2.42. The molecular weight excluding hydrogens is 899 g/mol. The fraction of sp³-hybridized carbons (Fsp3) is 0. The van der Waals surface area contributed by atoms with E-state index in [1.807, 2.05) is 18.2 Å². The first kappa shape index (κ1) is 42.9. The van der Waals surface area contributed by atoms with Crippen LogP contribution in [-0.4, -0.2) is 24.1 Å². The van der Waals surface area contributed by atoms with E-state index < -0.39 is 0 Å². The van der Waals surface area contributed by atoms with Crippen molar-refractivity contribution in [3.8, 4) is 90.0 Å². The second-order valence-corrected chi connectivity index (χ2v) is 18.8. The summed E-state index contributed by atoms with van der Waals surface area (Å²) in [5.74, 6) is 1.77. The number of aromatic nitrogens is 5. The normalized spacial score (nSPS) is 11.5. The van der Waals surface area contributed by atoms with E-state index in [9.17, 15) is 0 Å². The van der Waals surface area contributed by atoms with Crippen molar-refractivity contribution in [2.24, 2.45) is 0 Å². The first-order valence-electron chi connectivity index (χ1n) is 25.1. The molecule has 74 heavy (non-hydrogen) atoms. The molecule has 0 amide bonds. The van der Waals surface area contributed by atoms with Gasteiger partial charge in [0.25, 0.3) is 0 Å². The number of hydrogen-bond acceptors (Lipinski definition) is 3. The molecule has 3 aromatic heterocycles. The van der Waals surface area contributed by atoms with Gasteiger partial charge < -0.3 is 9.13 Å². The van der Waals surface area contributed by atoms with Gasteiger partial charge in [0.2, 0.25) is 0 Å². The van der Waals surface area contributed by atoms with Gasteiger partial charge in [-0.25, -0.2) is 15.0 Å². The largest absolute Gasteiger partial charge is 0.309 e. The Balaban J connectivity index is 0.987. The Bertz CT molecular complexity index is 4310. The van der Waals surface area contributed by atoms with Crippen molar-refractivity contribution in [3.05, 3.63) is 273 Å². The maximum atomic E-state index is 5.48. The molecule has 0 fully saturated rings. The standard InChI is InChI=1S/C69H45N5/c1-4-20-46(21-5-1)49-26-18-27-50(42-49)51-39-41-65(73-61-34-14-10-30-55(61)56-31-11-15-35-62(56)73)60(44-51)53-28-19-29-54(43-53)68-70-67(48-24-8-3-9-25-48)71-69(72-68)59-40-38-52(47-22-6-2-7-23-47)45-66(59)74-63-36-16-12-32-57(63)58-33-13-17-37-64(58)74/h1-45H. The Hall–Kier alpha value is -9.97. The summed E-state index contributed by atoms with van der Waals surface area (Å²) < 4.78 is 4.79. The van der Waals surface area contributed by atoms with Crippen LogP contribution in [0.3, 0.4) is 0 Å². The predicted molar refractivity (Wildman–Crippen MR) is 307 cm³/mol. The van der Waals surface area contributed by atoms with Crippen molar-refractivity contribution in [2.75, 3.05) is 0 Å². The Kier molecular flexibility index (Phi) is 10.4. The number of para-hydroxylation sites is 4. The minimum Gasteiger partial charge on any atom is -0.309 e. The Morgan fingerprint density at radius 1 is 0.203 bits per heavy atom. The van der Waals surface area contributed by atoms with Gasteiger partial charge in [0.1, 0.15) is 0 Å². The molecule has 0 spiro atoms. The van der Waals surface area contributed by atoms with E-state index in [4.69, 9.17) is 15.0 Å². The average molecular weight is 944 g/mol. The Morgan fingerprint density at radius 2 is 0.568 bits per heavy atom. The van der Waals surface area contributed by atoms with Gasteiger partial charge >= 0.3 is 0 Å². The van der Waals surface area contributed by atoms with E-state index in [1.165, 1.54) is 32.7 Å². The molecule has 14 rings (SSSR count). The molecule has 0 aliphatic rings. The van der Waals surface area contributed by atoms with E-state index in [1.54, 1.807) is 0 Å². The van der Waals surface area contributed by atoms with Gasteiger partial charge in [-0.15, -0.1) is 0 Å². The minimum absolute atomic E-state index is 0.584. The number of fused-ring (bicyclic) bond motifs is 6. The van der Waals surface area contributed by atoms with E-state index in [-0.39, 0.29) is 0 Å². The molecule has 0 saturated heterocycles. The lowest BCUT2D eigenvalue weighted by atomic mass is 9.94. The lowest BCUT2D eigenvalue weighted by molar-refractivity contribution is 1.06. The number of hydrogen-bond donors (Lipinski definition) is 0. The lowest BCUT2D eigenvalue weighted by Crippen LogP contribution is -2.04. The molecule has 346 valence electrons. The third-order valence-corrected chi connectivity index (χ3v) is 14.4. The Labute approximate surface area is 428 Å². The molecule has 5 heteroatoms. The molecule has 11 aromatic carbocycles. The fourth-order valence-electron chi connectivity index (χ4n) is 10.9. The predicted octanol–water partition coefficient (Wildman–Crippen LogP) is 17.7. The number of benzene rings is 11. The van der Waals surface area contributed by atoms with Gasteiger partial charge in [-0.2, -0.15) is 0 Å². The van der Waals surface area contributed by atoms with Gasteiger partial charge in [0.15, 0.2) is 17.5 Å². The van der Waals surface area contributed by atoms with Gasteiger partial charge in [-0.05, 0) is 99.6 Å². The van der Waals surface area contributed by atoms with Crippen LogP contribution in [0.1, 0.15) is 0 Å². The van der Waals surface area contributed by atoms with Crippen LogP contribution in [0.2, 0.25) is 0 Å². The third kappa shape index (κ3) is 7.46. The van der Waals surface area contributed by atoms with E-state index >= 15 is 0 Å². The summed E-state index contributed by atoms with van der Waals surface area (Å²) >= 11 is 0. The molecule has 0 bridgehead atoms. The topological polar surface area (TPSA) is 48.5 Å². The second kappa shape index (κ2) is 18.0. The zero-order valence-corrected chi connectivity index (χ0v) is 40.2. The van der Waals surface area contributed by atoms with Crippen LogP contribution < -0.4 is 0 Å². The second-order valence-electron chi connectivity index (χ2n) is 18.8. The fourth-order valence-corrected chi connectivity index (χ4v) is 10.9. The van der Waals surface area contributed by atoms with Crippen LogP contribution in [0.15, 0.2) is 273 Å². The molecule has 0 radical (unpaired) electrons. The van der Waals surface area contributed by atoms with Crippen molar-refractivity contribution >= 4 is 43.6 Å². The van der Waals surface area contributed by atoms with E-state index in [2.05, 4.69) is 264 Å². The molecule has 0 aliphatic heterocycles. The van der Waals surface area contributed by atoms with Crippen molar-refractivity contribution in [1.29, 1.82) is 0 Å². The first-order chi connectivity index (χ1) is 36.7. The molecule has 0 saturated carbocycles.